The first-order valence-electron chi connectivity index (χ1n) is 6.17. The molecule has 1 aromatic carbocycles. The molecule has 106 valence electrons. The molecule has 2 aromatic rings. The van der Waals surface area contributed by atoms with E-state index in [-0.39, 0.29) is 10.6 Å². The Balaban J connectivity index is 1.85. The molecule has 0 bridgehead atoms. The Morgan fingerprint density at radius 2 is 2.25 bits per heavy atom. The van der Waals surface area contributed by atoms with Crippen molar-refractivity contribution >= 4 is 21.6 Å². The maximum atomic E-state index is 10.8. The lowest BCUT2D eigenvalue weighted by molar-refractivity contribution is -0.385. The quantitative estimate of drug-likeness (QED) is 0.498. The van der Waals surface area contributed by atoms with E-state index >= 15 is 0 Å². The molecule has 1 aromatic heterocycles. The molecular formula is C13H15BrN4O2. The van der Waals surface area contributed by atoms with Gasteiger partial charge < -0.3 is 5.32 Å². The summed E-state index contributed by atoms with van der Waals surface area (Å²) in [5.41, 5.74) is 2.16. The maximum absolute atomic E-state index is 10.8. The van der Waals surface area contributed by atoms with Crippen molar-refractivity contribution in [1.29, 1.82) is 0 Å². The van der Waals surface area contributed by atoms with E-state index in [0.29, 0.717) is 11.0 Å². The van der Waals surface area contributed by atoms with E-state index in [4.69, 9.17) is 0 Å². The highest BCUT2D eigenvalue weighted by atomic mass is 79.9. The van der Waals surface area contributed by atoms with Crippen LogP contribution in [0, 0.1) is 10.1 Å². The van der Waals surface area contributed by atoms with Crippen LogP contribution in [0.1, 0.15) is 11.1 Å². The average molecular weight is 339 g/mol. The van der Waals surface area contributed by atoms with Crippen molar-refractivity contribution in [2.24, 2.45) is 7.05 Å². The maximum Gasteiger partial charge on any atom is 0.283 e. The first kappa shape index (κ1) is 14.7. The van der Waals surface area contributed by atoms with E-state index in [1.54, 1.807) is 16.8 Å². The number of nitro groups is 1. The number of halogens is 1. The number of hydrogen-bond acceptors (Lipinski definition) is 4. The molecule has 0 saturated heterocycles. The zero-order valence-corrected chi connectivity index (χ0v) is 12.6. The Hall–Kier alpha value is -1.73. The van der Waals surface area contributed by atoms with E-state index in [2.05, 4.69) is 26.3 Å². The molecule has 0 aliphatic carbocycles. The summed E-state index contributed by atoms with van der Waals surface area (Å²) in [7, 11) is 1.89. The number of rotatable bonds is 6. The zero-order chi connectivity index (χ0) is 14.5. The molecule has 0 aliphatic rings. The molecular weight excluding hydrogens is 324 g/mol. The average Bonchev–Trinajstić information content (AvgIpc) is 2.82. The Morgan fingerprint density at radius 1 is 1.45 bits per heavy atom. The largest absolute Gasteiger partial charge is 0.312 e. The van der Waals surface area contributed by atoms with Crippen LogP contribution in [0.2, 0.25) is 0 Å². The van der Waals surface area contributed by atoms with Crippen LogP contribution in [-0.4, -0.2) is 21.2 Å². The van der Waals surface area contributed by atoms with E-state index in [0.717, 1.165) is 18.5 Å². The smallest absolute Gasteiger partial charge is 0.283 e. The second-order valence-corrected chi connectivity index (χ2v) is 5.35. The molecule has 0 aliphatic heterocycles. The molecule has 0 spiro atoms. The first-order chi connectivity index (χ1) is 9.56. The van der Waals surface area contributed by atoms with Gasteiger partial charge in [0, 0.05) is 25.9 Å². The van der Waals surface area contributed by atoms with Crippen LogP contribution >= 0.6 is 15.9 Å². The number of nitro benzene ring substituents is 1. The second kappa shape index (κ2) is 6.62. The third kappa shape index (κ3) is 3.88. The summed E-state index contributed by atoms with van der Waals surface area (Å²) in [4.78, 5) is 10.5. The summed E-state index contributed by atoms with van der Waals surface area (Å²) in [6, 6.07) is 5.16. The Labute approximate surface area is 125 Å². The molecule has 2 rings (SSSR count). The molecule has 1 N–H and O–H groups in total. The van der Waals surface area contributed by atoms with Crippen LogP contribution in [0.25, 0.3) is 0 Å². The monoisotopic (exact) mass is 338 g/mol. The molecule has 7 heteroatoms. The van der Waals surface area contributed by atoms with Crippen molar-refractivity contribution in [3.63, 3.8) is 0 Å². The predicted molar refractivity (Wildman–Crippen MR) is 79.4 cm³/mol. The van der Waals surface area contributed by atoms with Crippen molar-refractivity contribution in [3.8, 4) is 0 Å². The number of benzene rings is 1. The first-order valence-corrected chi connectivity index (χ1v) is 6.96. The van der Waals surface area contributed by atoms with Gasteiger partial charge in [-0.2, -0.15) is 5.10 Å². The van der Waals surface area contributed by atoms with Gasteiger partial charge in [0.2, 0.25) is 0 Å². The van der Waals surface area contributed by atoms with Crippen molar-refractivity contribution in [3.05, 3.63) is 56.3 Å². The van der Waals surface area contributed by atoms with Crippen LogP contribution < -0.4 is 5.32 Å². The van der Waals surface area contributed by atoms with Gasteiger partial charge in [-0.1, -0.05) is 6.07 Å². The molecule has 20 heavy (non-hydrogen) atoms. The minimum absolute atomic E-state index is 0.0940. The number of nitrogens with zero attached hydrogens (tertiary/aromatic N) is 3. The van der Waals surface area contributed by atoms with Gasteiger partial charge in [-0.25, -0.2) is 0 Å². The molecule has 0 radical (unpaired) electrons. The summed E-state index contributed by atoms with van der Waals surface area (Å²) in [5, 5.41) is 18.2. The third-order valence-corrected chi connectivity index (χ3v) is 3.56. The standard InChI is InChI=1S/C13H15BrN4O2/c1-17-9-11(8-16-17)4-5-15-7-10-2-3-12(14)13(6-10)18(19)20/h2-3,6,8-9,15H,4-5,7H2,1H3. The molecule has 6 nitrogen and oxygen atoms in total. The third-order valence-electron chi connectivity index (χ3n) is 2.89. The topological polar surface area (TPSA) is 73.0 Å². The van der Waals surface area contributed by atoms with Crippen molar-refractivity contribution < 1.29 is 4.92 Å². The van der Waals surface area contributed by atoms with Crippen LogP contribution in [-0.2, 0) is 20.0 Å². The van der Waals surface area contributed by atoms with Gasteiger partial charge in [-0.15, -0.1) is 0 Å². The SMILES string of the molecule is Cn1cc(CCNCc2ccc(Br)c([N+](=O)[O-])c2)cn1. The minimum atomic E-state index is -0.386. The number of nitrogens with one attached hydrogen (secondary N) is 1. The van der Waals surface area contributed by atoms with Gasteiger partial charge in [0.1, 0.15) is 0 Å². The van der Waals surface area contributed by atoms with E-state index in [1.165, 1.54) is 5.56 Å². The van der Waals surface area contributed by atoms with Crippen LogP contribution in [0.3, 0.4) is 0 Å². The van der Waals surface area contributed by atoms with Gasteiger partial charge in [0.05, 0.1) is 15.6 Å². The molecule has 0 saturated carbocycles. The zero-order valence-electron chi connectivity index (χ0n) is 11.0. The number of hydrogen-bond donors (Lipinski definition) is 1. The van der Waals surface area contributed by atoms with Gasteiger partial charge in [0.15, 0.2) is 0 Å². The van der Waals surface area contributed by atoms with Crippen molar-refractivity contribution in [2.45, 2.75) is 13.0 Å². The summed E-state index contributed by atoms with van der Waals surface area (Å²) in [6.45, 7) is 1.41. The highest BCUT2D eigenvalue weighted by molar-refractivity contribution is 9.10. The molecule has 0 unspecified atom stereocenters. The lowest BCUT2D eigenvalue weighted by Gasteiger charge is -2.05. The fourth-order valence-electron chi connectivity index (χ4n) is 1.87. The summed E-state index contributed by atoms with van der Waals surface area (Å²) in [5.74, 6) is 0. The van der Waals surface area contributed by atoms with Crippen molar-refractivity contribution in [2.75, 3.05) is 6.54 Å². The lowest BCUT2D eigenvalue weighted by Crippen LogP contribution is -2.16. The summed E-state index contributed by atoms with van der Waals surface area (Å²) in [6.07, 6.45) is 4.70. The van der Waals surface area contributed by atoms with Crippen LogP contribution in [0.5, 0.6) is 0 Å². The molecule has 0 atom stereocenters. The highest BCUT2D eigenvalue weighted by Crippen LogP contribution is 2.25. The van der Waals surface area contributed by atoms with Crippen LogP contribution in [0.15, 0.2) is 35.1 Å². The van der Waals surface area contributed by atoms with E-state index in [9.17, 15) is 10.1 Å². The highest BCUT2D eigenvalue weighted by Gasteiger charge is 2.11. The second-order valence-electron chi connectivity index (χ2n) is 4.49. The van der Waals surface area contributed by atoms with E-state index < -0.39 is 0 Å². The van der Waals surface area contributed by atoms with Crippen molar-refractivity contribution in [1.82, 2.24) is 15.1 Å². The van der Waals surface area contributed by atoms with Crippen LogP contribution in [0.4, 0.5) is 5.69 Å². The normalized spacial score (nSPS) is 10.7. The van der Waals surface area contributed by atoms with E-state index in [1.807, 2.05) is 25.5 Å². The van der Waals surface area contributed by atoms with Gasteiger partial charge in [0.25, 0.3) is 5.69 Å². The van der Waals surface area contributed by atoms with Gasteiger partial charge in [-0.05, 0) is 46.1 Å². The fraction of sp³-hybridized carbons (Fsp3) is 0.308. The fourth-order valence-corrected chi connectivity index (χ4v) is 2.27. The lowest BCUT2D eigenvalue weighted by atomic mass is 10.2. The molecule has 1 heterocycles. The number of aryl methyl sites for hydroxylation is 1. The number of aromatic nitrogens is 2. The molecule has 0 amide bonds. The molecule has 0 fully saturated rings. The Bertz CT molecular complexity index is 612. The summed E-state index contributed by atoms with van der Waals surface area (Å²) >= 11 is 3.17. The minimum Gasteiger partial charge on any atom is -0.312 e. The van der Waals surface area contributed by atoms with Gasteiger partial charge in [-0.3, -0.25) is 14.8 Å². The summed E-state index contributed by atoms with van der Waals surface area (Å²) < 4.78 is 2.27. The Kier molecular flexibility index (Phi) is 4.86. The Morgan fingerprint density at radius 3 is 2.90 bits per heavy atom. The predicted octanol–water partition coefficient (Wildman–Crippen LogP) is 2.42. The van der Waals surface area contributed by atoms with Gasteiger partial charge >= 0.3 is 0 Å².